The van der Waals surface area contributed by atoms with E-state index in [-0.39, 0.29) is 0 Å². The van der Waals surface area contributed by atoms with Crippen LogP contribution in [0.25, 0.3) is 0 Å². The van der Waals surface area contributed by atoms with E-state index in [4.69, 9.17) is 24.4 Å². The fourth-order valence-electron chi connectivity index (χ4n) is 2.75. The highest BCUT2D eigenvalue weighted by Crippen LogP contribution is 2.29. The average Bonchev–Trinajstić information content (AvgIpc) is 2.46. The maximum atomic E-state index is 5.34. The third-order valence-electron chi connectivity index (χ3n) is 4.38. The molecule has 128 valence electrons. The molecule has 1 rings (SSSR count). The zero-order valence-corrected chi connectivity index (χ0v) is 15.9. The van der Waals surface area contributed by atoms with Gasteiger partial charge in [-0.3, -0.25) is 10.9 Å². The second kappa shape index (κ2) is 10.2. The molecule has 3 atom stereocenters. The van der Waals surface area contributed by atoms with Crippen molar-refractivity contribution in [2.24, 2.45) is 11.8 Å². The summed E-state index contributed by atoms with van der Waals surface area (Å²) in [5, 5.41) is 7.75. The lowest BCUT2D eigenvalue weighted by molar-refractivity contribution is 0.224. The summed E-state index contributed by atoms with van der Waals surface area (Å²) in [5.41, 5.74) is 5.91. The molecule has 1 saturated carbocycles. The van der Waals surface area contributed by atoms with Crippen LogP contribution in [0.15, 0.2) is 0 Å². The Morgan fingerprint density at radius 3 is 2.45 bits per heavy atom. The van der Waals surface area contributed by atoms with Crippen LogP contribution < -0.4 is 21.5 Å². The van der Waals surface area contributed by atoms with Gasteiger partial charge >= 0.3 is 0 Å². The minimum absolute atomic E-state index is 0.451. The largest absolute Gasteiger partial charge is 0.361 e. The van der Waals surface area contributed by atoms with Crippen molar-refractivity contribution in [1.82, 2.24) is 26.4 Å². The van der Waals surface area contributed by atoms with Crippen molar-refractivity contribution in [1.29, 1.82) is 0 Å². The third kappa shape index (κ3) is 7.56. The second-order valence-electron chi connectivity index (χ2n) is 6.51. The molecule has 0 aromatic rings. The van der Waals surface area contributed by atoms with Crippen molar-refractivity contribution in [3.8, 4) is 0 Å². The lowest BCUT2D eigenvalue weighted by Crippen LogP contribution is -2.54. The summed E-state index contributed by atoms with van der Waals surface area (Å²) in [5.74, 6) is 1.39. The number of hydrogen-bond donors (Lipinski definition) is 4. The third-order valence-corrected chi connectivity index (χ3v) is 4.85. The van der Waals surface area contributed by atoms with Crippen LogP contribution in [0.4, 0.5) is 0 Å². The van der Waals surface area contributed by atoms with E-state index in [1.165, 1.54) is 19.3 Å². The monoisotopic (exact) mass is 345 g/mol. The Labute approximate surface area is 145 Å². The maximum absolute atomic E-state index is 5.34. The van der Waals surface area contributed by atoms with Crippen molar-refractivity contribution in [3.63, 3.8) is 0 Å². The van der Waals surface area contributed by atoms with E-state index < -0.39 is 0 Å². The van der Waals surface area contributed by atoms with Crippen LogP contribution in [0, 0.1) is 11.8 Å². The predicted molar refractivity (Wildman–Crippen MR) is 102 cm³/mol. The van der Waals surface area contributed by atoms with E-state index in [1.54, 1.807) is 0 Å². The van der Waals surface area contributed by atoms with Crippen molar-refractivity contribution in [2.45, 2.75) is 45.6 Å². The van der Waals surface area contributed by atoms with E-state index in [1.807, 2.05) is 0 Å². The van der Waals surface area contributed by atoms with E-state index in [0.717, 1.165) is 25.4 Å². The molecule has 0 amide bonds. The smallest absolute Gasteiger partial charge is 0.185 e. The van der Waals surface area contributed by atoms with Gasteiger partial charge in [-0.1, -0.05) is 26.7 Å². The first-order chi connectivity index (χ1) is 10.4. The highest BCUT2D eigenvalue weighted by molar-refractivity contribution is 7.80. The van der Waals surface area contributed by atoms with Crippen LogP contribution in [-0.4, -0.2) is 48.4 Å². The lowest BCUT2D eigenvalue weighted by Gasteiger charge is -2.35. The van der Waals surface area contributed by atoms with Crippen LogP contribution in [-0.2, 0) is 0 Å². The molecule has 5 nitrogen and oxygen atoms in total. The predicted octanol–water partition coefficient (Wildman–Crippen LogP) is 1.61. The van der Waals surface area contributed by atoms with Gasteiger partial charge in [0.15, 0.2) is 10.2 Å². The van der Waals surface area contributed by atoms with Gasteiger partial charge in [0.2, 0.25) is 0 Å². The van der Waals surface area contributed by atoms with Crippen molar-refractivity contribution < 1.29 is 0 Å². The van der Waals surface area contributed by atoms with Gasteiger partial charge in [0.25, 0.3) is 0 Å². The minimum Gasteiger partial charge on any atom is -0.361 e. The Hall–Kier alpha value is -0.660. The van der Waals surface area contributed by atoms with E-state index in [9.17, 15) is 0 Å². The van der Waals surface area contributed by atoms with Gasteiger partial charge in [0.1, 0.15) is 0 Å². The van der Waals surface area contributed by atoms with Gasteiger partial charge in [-0.25, -0.2) is 0 Å². The lowest BCUT2D eigenvalue weighted by atomic mass is 9.78. The van der Waals surface area contributed by atoms with E-state index in [0.29, 0.717) is 22.2 Å². The Morgan fingerprint density at radius 1 is 1.09 bits per heavy atom. The van der Waals surface area contributed by atoms with Gasteiger partial charge < -0.3 is 15.5 Å². The molecule has 1 aliphatic carbocycles. The second-order valence-corrected chi connectivity index (χ2v) is 7.33. The number of rotatable bonds is 5. The van der Waals surface area contributed by atoms with Crippen molar-refractivity contribution >= 4 is 34.7 Å². The molecule has 0 aromatic heterocycles. The average molecular weight is 346 g/mol. The molecule has 0 saturated heterocycles. The van der Waals surface area contributed by atoms with Gasteiger partial charge in [0.05, 0.1) is 0 Å². The number of nitrogens with zero attached hydrogens (tertiary/aromatic N) is 1. The number of hydrogen-bond acceptors (Lipinski definition) is 3. The molecule has 1 fully saturated rings. The van der Waals surface area contributed by atoms with Gasteiger partial charge in [0, 0.05) is 12.6 Å². The standard InChI is InChI=1S/C15H31N5S2/c1-11-7-5-8-13(12(11)2)17-15(22)19-18-14(21)16-9-6-10-20(3)4/h11-13H,5-10H2,1-4H3,(H2,16,18,21)(H2,17,19,22)/t11-,12-,13-/m1/s1. The van der Waals surface area contributed by atoms with Crippen LogP contribution in [0.2, 0.25) is 0 Å². The molecule has 0 unspecified atom stereocenters. The summed E-state index contributed by atoms with van der Waals surface area (Å²) in [6.45, 7) is 6.51. The molecule has 1 aliphatic rings. The Morgan fingerprint density at radius 2 is 1.77 bits per heavy atom. The molecule has 22 heavy (non-hydrogen) atoms. The molecule has 0 aliphatic heterocycles. The molecule has 0 bridgehead atoms. The first kappa shape index (κ1) is 19.4. The highest BCUT2D eigenvalue weighted by atomic mass is 32.1. The van der Waals surface area contributed by atoms with E-state index in [2.05, 4.69) is 54.3 Å². The van der Waals surface area contributed by atoms with Gasteiger partial charge in [-0.05, 0) is 69.8 Å². The van der Waals surface area contributed by atoms with Crippen molar-refractivity contribution in [2.75, 3.05) is 27.2 Å². The Kier molecular flexibility index (Phi) is 8.97. The SMILES string of the molecule is C[C@@H]1[C@H](C)CCC[C@H]1NC(=S)NNC(=S)NCCCN(C)C. The number of hydrazine groups is 1. The normalized spacial score (nSPS) is 24.7. The van der Waals surface area contributed by atoms with Crippen LogP contribution in [0.1, 0.15) is 39.5 Å². The summed E-state index contributed by atoms with van der Waals surface area (Å²) in [6.07, 6.45) is 4.82. The first-order valence-electron chi connectivity index (χ1n) is 8.15. The molecule has 4 N–H and O–H groups in total. The highest BCUT2D eigenvalue weighted by Gasteiger charge is 2.27. The van der Waals surface area contributed by atoms with Crippen LogP contribution in [0.5, 0.6) is 0 Å². The number of thiocarbonyl (C=S) groups is 2. The molecule has 0 radical (unpaired) electrons. The molecular formula is C15H31N5S2. The fourth-order valence-corrected chi connectivity index (χ4v) is 3.10. The Bertz CT molecular complexity index is 362. The summed E-state index contributed by atoms with van der Waals surface area (Å²) < 4.78 is 0. The van der Waals surface area contributed by atoms with E-state index >= 15 is 0 Å². The van der Waals surface area contributed by atoms with Gasteiger partial charge in [-0.15, -0.1) is 0 Å². The van der Waals surface area contributed by atoms with Gasteiger partial charge in [-0.2, -0.15) is 0 Å². The van der Waals surface area contributed by atoms with Crippen LogP contribution in [0.3, 0.4) is 0 Å². The fraction of sp³-hybridized carbons (Fsp3) is 0.867. The zero-order valence-electron chi connectivity index (χ0n) is 14.2. The molecule has 7 heteroatoms. The Balaban J connectivity index is 2.15. The first-order valence-corrected chi connectivity index (χ1v) is 8.97. The summed E-state index contributed by atoms with van der Waals surface area (Å²) >= 11 is 10.5. The summed E-state index contributed by atoms with van der Waals surface area (Å²) in [6, 6.07) is 0.451. The molecule has 0 heterocycles. The quantitative estimate of drug-likeness (QED) is 0.343. The zero-order chi connectivity index (χ0) is 16.5. The minimum atomic E-state index is 0.451. The summed E-state index contributed by atoms with van der Waals surface area (Å²) in [4.78, 5) is 2.15. The number of nitrogens with one attached hydrogen (secondary N) is 4. The van der Waals surface area contributed by atoms with Crippen molar-refractivity contribution in [3.05, 3.63) is 0 Å². The summed E-state index contributed by atoms with van der Waals surface area (Å²) in [7, 11) is 4.13. The topological polar surface area (TPSA) is 51.4 Å². The molecule has 0 aromatic carbocycles. The maximum Gasteiger partial charge on any atom is 0.185 e. The molecule has 0 spiro atoms. The molecular weight excluding hydrogens is 314 g/mol. The van der Waals surface area contributed by atoms with Crippen LogP contribution >= 0.6 is 24.4 Å².